The number of amidine groups is 2. The maximum atomic E-state index is 13.4. The number of hydrogen-bond acceptors (Lipinski definition) is 8. The molecule has 10 nitrogen and oxygen atoms in total. The van der Waals surface area contributed by atoms with Crippen molar-refractivity contribution in [2.75, 3.05) is 42.8 Å². The van der Waals surface area contributed by atoms with E-state index in [1.807, 2.05) is 13.0 Å². The van der Waals surface area contributed by atoms with Crippen LogP contribution in [0.25, 0.3) is 6.08 Å². The van der Waals surface area contributed by atoms with Crippen molar-refractivity contribution in [3.05, 3.63) is 65.2 Å². The molecule has 2 heterocycles. The van der Waals surface area contributed by atoms with Gasteiger partial charge in [-0.25, -0.2) is 8.42 Å². The van der Waals surface area contributed by atoms with Crippen LogP contribution in [0, 0.1) is 12.3 Å². The van der Waals surface area contributed by atoms with E-state index in [9.17, 15) is 13.2 Å². The molecule has 0 amide bonds. The van der Waals surface area contributed by atoms with Crippen molar-refractivity contribution in [1.29, 1.82) is 5.41 Å². The van der Waals surface area contributed by atoms with Crippen molar-refractivity contribution in [3.8, 4) is 5.75 Å². The SMILES string of the molecule is CCOC(=O)CS(=O)(=O)N(C/C=C/c1cccc(C(=N)N)c1)c1ccc(OC2CCN(C3=NCCC3)CC2)c(C)c1. The number of nitrogen functional groups attached to an aromatic ring is 1. The van der Waals surface area contributed by atoms with Crippen LogP contribution in [0.1, 0.15) is 49.3 Å². The zero-order chi connectivity index (χ0) is 29.4. The fourth-order valence-electron chi connectivity index (χ4n) is 5.02. The maximum Gasteiger partial charge on any atom is 0.323 e. The Labute approximate surface area is 242 Å². The minimum absolute atomic E-state index is 0.00593. The van der Waals surface area contributed by atoms with Crippen LogP contribution in [-0.2, 0) is 19.6 Å². The van der Waals surface area contributed by atoms with E-state index >= 15 is 0 Å². The number of esters is 1. The number of aliphatic imine (C=N–C) groups is 1. The molecule has 1 saturated heterocycles. The van der Waals surface area contributed by atoms with Gasteiger partial charge in [0.1, 0.15) is 17.7 Å². The largest absolute Gasteiger partial charge is 0.490 e. The van der Waals surface area contributed by atoms with E-state index in [1.165, 1.54) is 10.1 Å². The number of nitrogens with zero attached hydrogens (tertiary/aromatic N) is 3. The van der Waals surface area contributed by atoms with Gasteiger partial charge in [-0.05, 0) is 55.7 Å². The third-order valence-corrected chi connectivity index (χ3v) is 8.75. The van der Waals surface area contributed by atoms with Crippen molar-refractivity contribution in [3.63, 3.8) is 0 Å². The summed E-state index contributed by atoms with van der Waals surface area (Å²) >= 11 is 0. The van der Waals surface area contributed by atoms with Crippen LogP contribution in [0.15, 0.2) is 53.5 Å². The minimum atomic E-state index is -4.05. The van der Waals surface area contributed by atoms with E-state index in [4.69, 9.17) is 20.6 Å². The van der Waals surface area contributed by atoms with Gasteiger partial charge in [0, 0.05) is 44.5 Å². The molecule has 4 rings (SSSR count). The topological polar surface area (TPSA) is 138 Å². The average molecular weight is 582 g/mol. The molecular formula is C30H39N5O5S. The van der Waals surface area contributed by atoms with Gasteiger partial charge < -0.3 is 20.1 Å². The molecule has 220 valence electrons. The van der Waals surface area contributed by atoms with E-state index in [-0.39, 0.29) is 25.1 Å². The molecule has 2 aromatic carbocycles. The summed E-state index contributed by atoms with van der Waals surface area (Å²) in [6, 6.07) is 12.4. The van der Waals surface area contributed by atoms with Crippen LogP contribution >= 0.6 is 0 Å². The summed E-state index contributed by atoms with van der Waals surface area (Å²) in [5.41, 5.74) is 8.17. The Hall–Kier alpha value is -3.86. The highest BCUT2D eigenvalue weighted by Gasteiger charge is 2.27. The fraction of sp³-hybridized carbons (Fsp3) is 0.433. The second kappa shape index (κ2) is 13.7. The normalized spacial score (nSPS) is 16.0. The molecule has 0 bridgehead atoms. The molecule has 2 aliphatic heterocycles. The highest BCUT2D eigenvalue weighted by atomic mass is 32.2. The number of carbonyl (C=O) groups is 1. The molecule has 1 fully saturated rings. The number of anilines is 1. The second-order valence-corrected chi connectivity index (χ2v) is 12.1. The van der Waals surface area contributed by atoms with Gasteiger partial charge in [-0.2, -0.15) is 0 Å². The van der Waals surface area contributed by atoms with E-state index in [0.717, 1.165) is 56.4 Å². The number of nitrogens with one attached hydrogen (secondary N) is 1. The predicted molar refractivity (Wildman–Crippen MR) is 162 cm³/mol. The highest BCUT2D eigenvalue weighted by Crippen LogP contribution is 2.29. The Morgan fingerprint density at radius 2 is 2.00 bits per heavy atom. The zero-order valence-electron chi connectivity index (χ0n) is 23.7. The Morgan fingerprint density at radius 3 is 2.66 bits per heavy atom. The summed E-state index contributed by atoms with van der Waals surface area (Å²) in [6.45, 7) is 6.37. The predicted octanol–water partition coefficient (Wildman–Crippen LogP) is 3.73. The van der Waals surface area contributed by atoms with Gasteiger partial charge in [0.25, 0.3) is 0 Å². The summed E-state index contributed by atoms with van der Waals surface area (Å²) < 4.78 is 39.2. The highest BCUT2D eigenvalue weighted by molar-refractivity contribution is 7.93. The summed E-state index contributed by atoms with van der Waals surface area (Å²) in [6.07, 6.45) is 7.52. The molecule has 11 heteroatoms. The lowest BCUT2D eigenvalue weighted by Gasteiger charge is -2.34. The van der Waals surface area contributed by atoms with Crippen LogP contribution in [0.5, 0.6) is 5.75 Å². The van der Waals surface area contributed by atoms with Crippen molar-refractivity contribution < 1.29 is 22.7 Å². The van der Waals surface area contributed by atoms with Crippen LogP contribution in [-0.4, -0.2) is 75.6 Å². The molecule has 0 aromatic heterocycles. The molecule has 3 N–H and O–H groups in total. The lowest BCUT2D eigenvalue weighted by molar-refractivity contribution is -0.139. The molecule has 0 atom stereocenters. The monoisotopic (exact) mass is 581 g/mol. The molecule has 0 saturated carbocycles. The number of rotatable bonds is 11. The first-order valence-electron chi connectivity index (χ1n) is 14.0. The number of piperidine rings is 1. The number of hydrogen-bond donors (Lipinski definition) is 2. The van der Waals surface area contributed by atoms with Gasteiger partial charge >= 0.3 is 5.97 Å². The third kappa shape index (κ3) is 8.09. The van der Waals surface area contributed by atoms with Crippen molar-refractivity contribution in [1.82, 2.24) is 4.90 Å². The van der Waals surface area contributed by atoms with Gasteiger partial charge in [0.2, 0.25) is 10.0 Å². The number of benzene rings is 2. The molecule has 0 aliphatic carbocycles. The van der Waals surface area contributed by atoms with Crippen molar-refractivity contribution in [2.24, 2.45) is 10.7 Å². The molecule has 41 heavy (non-hydrogen) atoms. The number of ether oxygens (including phenoxy) is 2. The zero-order valence-corrected chi connectivity index (χ0v) is 24.5. The first kappa shape index (κ1) is 30.1. The smallest absolute Gasteiger partial charge is 0.323 e. The summed E-state index contributed by atoms with van der Waals surface area (Å²) in [4.78, 5) is 19.1. The van der Waals surface area contributed by atoms with E-state index in [0.29, 0.717) is 17.0 Å². The molecular weight excluding hydrogens is 542 g/mol. The second-order valence-electron chi connectivity index (χ2n) is 10.2. The summed E-state index contributed by atoms with van der Waals surface area (Å²) in [7, 11) is -4.05. The quantitative estimate of drug-likeness (QED) is 0.234. The Kier molecular flexibility index (Phi) is 10.0. The number of aryl methyl sites for hydroxylation is 1. The van der Waals surface area contributed by atoms with E-state index in [1.54, 1.807) is 55.5 Å². The van der Waals surface area contributed by atoms with Crippen LogP contribution in [0.3, 0.4) is 0 Å². The van der Waals surface area contributed by atoms with Gasteiger partial charge in [-0.1, -0.05) is 30.4 Å². The molecule has 0 radical (unpaired) electrons. The Balaban J connectivity index is 1.49. The van der Waals surface area contributed by atoms with E-state index in [2.05, 4.69) is 9.89 Å². The van der Waals surface area contributed by atoms with Crippen molar-refractivity contribution >= 4 is 39.4 Å². The molecule has 2 aliphatic rings. The lowest BCUT2D eigenvalue weighted by Crippen LogP contribution is -2.41. The van der Waals surface area contributed by atoms with Crippen LogP contribution in [0.2, 0.25) is 0 Å². The number of likely N-dealkylation sites (tertiary alicyclic amines) is 1. The molecule has 0 unspecified atom stereocenters. The average Bonchev–Trinajstić information content (AvgIpc) is 3.48. The summed E-state index contributed by atoms with van der Waals surface area (Å²) in [5, 5.41) is 7.64. The fourth-order valence-corrected chi connectivity index (χ4v) is 6.30. The van der Waals surface area contributed by atoms with Crippen LogP contribution in [0.4, 0.5) is 5.69 Å². The summed E-state index contributed by atoms with van der Waals surface area (Å²) in [5.74, 6) is 0.307. The Bertz CT molecular complexity index is 1410. The standard InChI is InChI=1S/C30H39N5O5S/c1-3-39-29(36)21-41(37,38)35(16-6-8-23-7-4-9-24(20-23)30(31)32)25-11-12-27(22(2)19-25)40-26-13-17-34(18-14-26)28-10-5-15-33-28/h4,6-9,11-12,19-20,26H,3,5,10,13-18,21H2,1-2H3,(H3,31,32)/b8-6+. The minimum Gasteiger partial charge on any atom is -0.490 e. The van der Waals surface area contributed by atoms with Gasteiger partial charge in [-0.15, -0.1) is 0 Å². The molecule has 0 spiro atoms. The van der Waals surface area contributed by atoms with Gasteiger partial charge in [0.15, 0.2) is 5.75 Å². The first-order valence-corrected chi connectivity index (χ1v) is 15.6. The first-order chi connectivity index (χ1) is 19.7. The van der Waals surface area contributed by atoms with Gasteiger partial charge in [-0.3, -0.25) is 19.5 Å². The lowest BCUT2D eigenvalue weighted by atomic mass is 10.1. The van der Waals surface area contributed by atoms with E-state index < -0.39 is 21.7 Å². The molecule has 2 aromatic rings. The van der Waals surface area contributed by atoms with Crippen molar-refractivity contribution in [2.45, 2.75) is 45.6 Å². The number of sulfonamides is 1. The number of carbonyl (C=O) groups excluding carboxylic acids is 1. The maximum absolute atomic E-state index is 13.4. The third-order valence-electron chi connectivity index (χ3n) is 7.12. The van der Waals surface area contributed by atoms with Gasteiger partial charge in [0.05, 0.1) is 24.7 Å². The Morgan fingerprint density at radius 1 is 1.22 bits per heavy atom. The van der Waals surface area contributed by atoms with Crippen LogP contribution < -0.4 is 14.8 Å². The number of nitrogens with two attached hydrogens (primary N) is 1.